The van der Waals surface area contributed by atoms with Crippen LogP contribution < -0.4 is 9.47 Å². The molecule has 1 aromatic heterocycles. The number of benzene rings is 2. The molecular weight excluding hydrogens is 496 g/mol. The highest BCUT2D eigenvalue weighted by Crippen LogP contribution is 2.28. The van der Waals surface area contributed by atoms with Crippen molar-refractivity contribution in [2.24, 2.45) is 0 Å². The van der Waals surface area contributed by atoms with Crippen molar-refractivity contribution in [1.82, 2.24) is 8.61 Å². The van der Waals surface area contributed by atoms with E-state index >= 15 is 0 Å². The minimum atomic E-state index is -3.88. The van der Waals surface area contributed by atoms with Crippen LogP contribution in [0, 0.1) is 0 Å². The SMILES string of the molecule is COc1ccc(CCN(Cc2cccs2)S(=O)(=O)c2ccc(S(=O)(=O)N(C)C)cc2)cc1OC. The molecule has 0 fully saturated rings. The van der Waals surface area contributed by atoms with Gasteiger partial charge in [0.25, 0.3) is 0 Å². The van der Waals surface area contributed by atoms with Gasteiger partial charge in [0.05, 0.1) is 24.0 Å². The molecule has 34 heavy (non-hydrogen) atoms. The van der Waals surface area contributed by atoms with E-state index in [0.29, 0.717) is 17.9 Å². The molecule has 184 valence electrons. The maximum absolute atomic E-state index is 13.5. The van der Waals surface area contributed by atoms with Crippen LogP contribution in [0.1, 0.15) is 10.4 Å². The largest absolute Gasteiger partial charge is 0.493 e. The second-order valence-corrected chi connectivity index (χ2v) is 12.7. The van der Waals surface area contributed by atoms with Crippen molar-refractivity contribution in [3.8, 4) is 11.5 Å². The first-order chi connectivity index (χ1) is 16.1. The fraction of sp³-hybridized carbons (Fsp3) is 0.304. The predicted molar refractivity (Wildman–Crippen MR) is 132 cm³/mol. The number of ether oxygens (including phenoxy) is 2. The van der Waals surface area contributed by atoms with E-state index in [1.807, 2.05) is 29.6 Å². The number of methoxy groups -OCH3 is 2. The lowest BCUT2D eigenvalue weighted by Gasteiger charge is -2.22. The molecule has 2 aromatic carbocycles. The van der Waals surface area contributed by atoms with E-state index in [4.69, 9.17) is 9.47 Å². The molecule has 0 saturated carbocycles. The standard InChI is InChI=1S/C23H28N2O6S3/c1-24(2)33(26,27)20-8-10-21(11-9-20)34(28,29)25(17-19-6-5-15-32-19)14-13-18-7-12-22(30-3)23(16-18)31-4/h5-12,15-16H,13-14,17H2,1-4H3. The molecular formula is C23H28N2O6S3. The smallest absolute Gasteiger partial charge is 0.243 e. The summed E-state index contributed by atoms with van der Waals surface area (Å²) in [5, 5.41) is 1.90. The highest BCUT2D eigenvalue weighted by Gasteiger charge is 2.26. The third-order valence-corrected chi connectivity index (χ3v) is 9.80. The fourth-order valence-electron chi connectivity index (χ4n) is 3.29. The van der Waals surface area contributed by atoms with Gasteiger partial charge < -0.3 is 9.47 Å². The van der Waals surface area contributed by atoms with E-state index in [0.717, 1.165) is 14.7 Å². The number of thiophene rings is 1. The summed E-state index contributed by atoms with van der Waals surface area (Å²) in [5.74, 6) is 1.17. The van der Waals surface area contributed by atoms with E-state index in [1.54, 1.807) is 20.3 Å². The summed E-state index contributed by atoms with van der Waals surface area (Å²) in [6.07, 6.45) is 0.456. The summed E-state index contributed by atoms with van der Waals surface area (Å²) in [6.45, 7) is 0.443. The van der Waals surface area contributed by atoms with E-state index in [1.165, 1.54) is 54.0 Å². The van der Waals surface area contributed by atoms with Gasteiger partial charge in [0.2, 0.25) is 20.0 Å². The molecule has 0 bridgehead atoms. The third-order valence-electron chi connectivity index (χ3n) is 5.25. The van der Waals surface area contributed by atoms with E-state index in [2.05, 4.69) is 0 Å². The molecule has 0 spiro atoms. The molecule has 0 atom stereocenters. The van der Waals surface area contributed by atoms with Crippen LogP contribution in [-0.4, -0.2) is 60.3 Å². The zero-order valence-corrected chi connectivity index (χ0v) is 21.9. The van der Waals surface area contributed by atoms with Gasteiger partial charge in [-0.2, -0.15) is 4.31 Å². The zero-order chi connectivity index (χ0) is 24.9. The Kier molecular flexibility index (Phi) is 8.37. The molecule has 0 aliphatic carbocycles. The quantitative estimate of drug-likeness (QED) is 0.382. The average molecular weight is 525 g/mol. The van der Waals surface area contributed by atoms with Crippen molar-refractivity contribution >= 4 is 31.4 Å². The van der Waals surface area contributed by atoms with E-state index in [-0.39, 0.29) is 22.9 Å². The Morgan fingerprint density at radius 1 is 0.824 bits per heavy atom. The van der Waals surface area contributed by atoms with Gasteiger partial charge in [-0.15, -0.1) is 11.3 Å². The van der Waals surface area contributed by atoms with Gasteiger partial charge in [-0.3, -0.25) is 0 Å². The van der Waals surface area contributed by atoms with E-state index < -0.39 is 20.0 Å². The number of rotatable bonds is 11. The monoisotopic (exact) mass is 524 g/mol. The summed E-state index contributed by atoms with van der Waals surface area (Å²) in [4.78, 5) is 0.975. The van der Waals surface area contributed by atoms with Crippen LogP contribution in [0.2, 0.25) is 0 Å². The van der Waals surface area contributed by atoms with Gasteiger partial charge >= 0.3 is 0 Å². The van der Waals surface area contributed by atoms with Crippen LogP contribution >= 0.6 is 11.3 Å². The molecule has 0 amide bonds. The maximum Gasteiger partial charge on any atom is 0.243 e. The molecule has 0 radical (unpaired) electrons. The molecule has 11 heteroatoms. The molecule has 0 aliphatic heterocycles. The average Bonchev–Trinajstić information content (AvgIpc) is 3.34. The first-order valence-electron chi connectivity index (χ1n) is 10.4. The first kappa shape index (κ1) is 26.2. The normalized spacial score (nSPS) is 12.3. The first-order valence-corrected chi connectivity index (χ1v) is 14.1. The van der Waals surface area contributed by atoms with Crippen LogP contribution in [0.15, 0.2) is 69.8 Å². The number of sulfonamides is 2. The summed E-state index contributed by atoms with van der Waals surface area (Å²) < 4.78 is 64.9. The summed E-state index contributed by atoms with van der Waals surface area (Å²) in [5.41, 5.74) is 0.899. The Bertz CT molecular complexity index is 1300. The van der Waals surface area contributed by atoms with Crippen molar-refractivity contribution in [3.63, 3.8) is 0 Å². The predicted octanol–water partition coefficient (Wildman–Crippen LogP) is 3.45. The summed E-state index contributed by atoms with van der Waals surface area (Å²) in [6, 6.07) is 14.6. The molecule has 0 aliphatic rings. The van der Waals surface area contributed by atoms with Gasteiger partial charge in [0.15, 0.2) is 11.5 Å². The Hall–Kier alpha value is -2.44. The number of hydrogen-bond donors (Lipinski definition) is 0. The third kappa shape index (κ3) is 5.78. The topological polar surface area (TPSA) is 93.2 Å². The van der Waals surface area contributed by atoms with Gasteiger partial charge in [0.1, 0.15) is 0 Å². The van der Waals surface area contributed by atoms with Crippen molar-refractivity contribution < 1.29 is 26.3 Å². The lowest BCUT2D eigenvalue weighted by molar-refractivity contribution is 0.354. The lowest BCUT2D eigenvalue weighted by Crippen LogP contribution is -2.32. The molecule has 0 unspecified atom stereocenters. The van der Waals surface area contributed by atoms with Crippen molar-refractivity contribution in [2.75, 3.05) is 34.9 Å². The van der Waals surface area contributed by atoms with Crippen LogP contribution in [0.25, 0.3) is 0 Å². The number of hydrogen-bond acceptors (Lipinski definition) is 7. The van der Waals surface area contributed by atoms with Crippen molar-refractivity contribution in [2.45, 2.75) is 22.8 Å². The Balaban J connectivity index is 1.89. The molecule has 1 heterocycles. The van der Waals surface area contributed by atoms with Crippen LogP contribution in [0.3, 0.4) is 0 Å². The molecule has 8 nitrogen and oxygen atoms in total. The number of nitrogens with zero attached hydrogens (tertiary/aromatic N) is 2. The molecule has 0 saturated heterocycles. The van der Waals surface area contributed by atoms with Gasteiger partial charge in [-0.25, -0.2) is 21.1 Å². The molecule has 0 N–H and O–H groups in total. The molecule has 3 aromatic rings. The fourth-order valence-corrected chi connectivity index (χ4v) is 6.42. The maximum atomic E-state index is 13.5. The van der Waals surface area contributed by atoms with Crippen LogP contribution in [0.4, 0.5) is 0 Å². The highest BCUT2D eigenvalue weighted by atomic mass is 32.2. The second kappa shape index (κ2) is 10.9. The Morgan fingerprint density at radius 2 is 1.44 bits per heavy atom. The van der Waals surface area contributed by atoms with E-state index in [9.17, 15) is 16.8 Å². The van der Waals surface area contributed by atoms with Crippen LogP contribution in [0.5, 0.6) is 11.5 Å². The molecule has 3 rings (SSSR count). The Morgan fingerprint density at radius 3 is 1.97 bits per heavy atom. The zero-order valence-electron chi connectivity index (χ0n) is 19.5. The van der Waals surface area contributed by atoms with Gasteiger partial charge in [0, 0.05) is 32.1 Å². The van der Waals surface area contributed by atoms with Gasteiger partial charge in [-0.1, -0.05) is 12.1 Å². The van der Waals surface area contributed by atoms with Crippen molar-refractivity contribution in [1.29, 1.82) is 0 Å². The van der Waals surface area contributed by atoms with Crippen molar-refractivity contribution in [3.05, 3.63) is 70.4 Å². The summed E-state index contributed by atoms with van der Waals surface area (Å²) >= 11 is 1.48. The lowest BCUT2D eigenvalue weighted by atomic mass is 10.1. The Labute approximate surface area is 205 Å². The minimum absolute atomic E-state index is 0.0339. The van der Waals surface area contributed by atoms with Gasteiger partial charge in [-0.05, 0) is 59.8 Å². The van der Waals surface area contributed by atoms with Crippen LogP contribution in [-0.2, 0) is 33.0 Å². The highest BCUT2D eigenvalue weighted by molar-refractivity contribution is 7.89. The minimum Gasteiger partial charge on any atom is -0.493 e. The second-order valence-electron chi connectivity index (χ2n) is 7.62. The summed E-state index contributed by atoms with van der Waals surface area (Å²) in [7, 11) is -1.57.